The average molecular weight is 383 g/mol. The normalized spacial score (nSPS) is 16.9. The molecule has 4 rings (SSSR count). The maximum absolute atomic E-state index is 12.8. The second kappa shape index (κ2) is 7.04. The lowest BCUT2D eigenvalue weighted by molar-refractivity contribution is -0.122. The van der Waals surface area contributed by atoms with Crippen LogP contribution in [0.2, 0.25) is 5.02 Å². The highest BCUT2D eigenvalue weighted by Crippen LogP contribution is 2.28. The van der Waals surface area contributed by atoms with Crippen LogP contribution in [0, 0.1) is 5.92 Å². The number of anilines is 2. The van der Waals surface area contributed by atoms with Gasteiger partial charge in [0.2, 0.25) is 17.8 Å². The number of para-hydroxylation sites is 2. The van der Waals surface area contributed by atoms with Crippen LogP contribution >= 0.6 is 11.6 Å². The van der Waals surface area contributed by atoms with Gasteiger partial charge < -0.3 is 9.47 Å². The van der Waals surface area contributed by atoms with E-state index in [9.17, 15) is 9.59 Å². The van der Waals surface area contributed by atoms with Gasteiger partial charge in [-0.05, 0) is 37.3 Å². The summed E-state index contributed by atoms with van der Waals surface area (Å²) in [6, 6.07) is 14.8. The van der Waals surface area contributed by atoms with Crippen molar-refractivity contribution in [2.24, 2.45) is 5.92 Å². The summed E-state index contributed by atoms with van der Waals surface area (Å²) in [6.45, 7) is 3.02. The van der Waals surface area contributed by atoms with Gasteiger partial charge in [0.1, 0.15) is 0 Å². The molecule has 138 valence electrons. The molecule has 6 nitrogen and oxygen atoms in total. The molecule has 0 spiro atoms. The SMILES string of the molecule is CCn1c(NC(=O)[C@H]2CC(=O)N(c3cccc(Cl)c3)C2)nc2ccccc21. The summed E-state index contributed by atoms with van der Waals surface area (Å²) < 4.78 is 1.96. The van der Waals surface area contributed by atoms with Crippen LogP contribution in [-0.2, 0) is 16.1 Å². The maximum atomic E-state index is 12.8. The lowest BCUT2D eigenvalue weighted by Crippen LogP contribution is -2.28. The largest absolute Gasteiger partial charge is 0.312 e. The quantitative estimate of drug-likeness (QED) is 0.748. The van der Waals surface area contributed by atoms with Crippen molar-refractivity contribution >= 4 is 46.1 Å². The number of aryl methyl sites for hydroxylation is 1. The number of nitrogens with zero attached hydrogens (tertiary/aromatic N) is 3. The Balaban J connectivity index is 1.53. The number of hydrogen-bond acceptors (Lipinski definition) is 3. The lowest BCUT2D eigenvalue weighted by Gasteiger charge is -2.17. The number of aromatic nitrogens is 2. The third-order valence-corrected chi connectivity index (χ3v) is 5.06. The number of amides is 2. The van der Waals surface area contributed by atoms with Crippen molar-refractivity contribution in [3.63, 3.8) is 0 Å². The van der Waals surface area contributed by atoms with E-state index in [0.717, 1.165) is 11.0 Å². The zero-order chi connectivity index (χ0) is 19.0. The number of hydrogen-bond donors (Lipinski definition) is 1. The third kappa shape index (κ3) is 3.28. The van der Waals surface area contributed by atoms with Crippen molar-refractivity contribution in [3.8, 4) is 0 Å². The minimum absolute atomic E-state index is 0.0820. The number of nitrogens with one attached hydrogen (secondary N) is 1. The summed E-state index contributed by atoms with van der Waals surface area (Å²) in [5, 5.41) is 3.46. The Morgan fingerprint density at radius 1 is 1.26 bits per heavy atom. The summed E-state index contributed by atoms with van der Waals surface area (Å²) >= 11 is 6.02. The van der Waals surface area contributed by atoms with Crippen LogP contribution in [0.15, 0.2) is 48.5 Å². The predicted molar refractivity (Wildman–Crippen MR) is 106 cm³/mol. The van der Waals surface area contributed by atoms with Crippen LogP contribution in [0.25, 0.3) is 11.0 Å². The van der Waals surface area contributed by atoms with Gasteiger partial charge in [-0.3, -0.25) is 14.9 Å². The van der Waals surface area contributed by atoms with E-state index in [1.54, 1.807) is 23.1 Å². The molecule has 1 atom stereocenters. The van der Waals surface area contributed by atoms with Crippen LogP contribution in [0.5, 0.6) is 0 Å². The van der Waals surface area contributed by atoms with Crippen LogP contribution in [0.3, 0.4) is 0 Å². The molecule has 2 heterocycles. The fraction of sp³-hybridized carbons (Fsp3) is 0.250. The van der Waals surface area contributed by atoms with Gasteiger partial charge in [0.05, 0.1) is 17.0 Å². The first-order valence-corrected chi connectivity index (χ1v) is 9.26. The molecule has 1 aromatic heterocycles. The minimum atomic E-state index is -0.429. The second-order valence-electron chi connectivity index (χ2n) is 6.54. The van der Waals surface area contributed by atoms with Gasteiger partial charge in [-0.2, -0.15) is 0 Å². The predicted octanol–water partition coefficient (Wildman–Crippen LogP) is 3.70. The first-order valence-electron chi connectivity index (χ1n) is 8.89. The lowest BCUT2D eigenvalue weighted by atomic mass is 10.1. The van der Waals surface area contributed by atoms with Crippen molar-refractivity contribution in [1.82, 2.24) is 9.55 Å². The van der Waals surface area contributed by atoms with Crippen molar-refractivity contribution in [3.05, 3.63) is 53.6 Å². The molecule has 1 fully saturated rings. The number of carbonyl (C=O) groups excluding carboxylic acids is 2. The molecular weight excluding hydrogens is 364 g/mol. The summed E-state index contributed by atoms with van der Waals surface area (Å²) in [6.07, 6.45) is 0.171. The van der Waals surface area contributed by atoms with Crippen molar-refractivity contribution in [2.75, 3.05) is 16.8 Å². The zero-order valence-corrected chi connectivity index (χ0v) is 15.6. The Labute approximate surface area is 161 Å². The van der Waals surface area contributed by atoms with Crippen LogP contribution in [-0.4, -0.2) is 27.9 Å². The van der Waals surface area contributed by atoms with Crippen LogP contribution in [0.1, 0.15) is 13.3 Å². The van der Waals surface area contributed by atoms with Gasteiger partial charge in [0.15, 0.2) is 0 Å². The van der Waals surface area contributed by atoms with E-state index >= 15 is 0 Å². The summed E-state index contributed by atoms with van der Waals surface area (Å²) in [5.74, 6) is -0.196. The van der Waals surface area contributed by atoms with Gasteiger partial charge in [0.25, 0.3) is 0 Å². The van der Waals surface area contributed by atoms with Crippen molar-refractivity contribution in [2.45, 2.75) is 19.9 Å². The molecule has 2 aromatic carbocycles. The van der Waals surface area contributed by atoms with Crippen LogP contribution < -0.4 is 10.2 Å². The number of benzene rings is 2. The van der Waals surface area contributed by atoms with Gasteiger partial charge in [-0.15, -0.1) is 0 Å². The fourth-order valence-corrected chi connectivity index (χ4v) is 3.66. The highest BCUT2D eigenvalue weighted by molar-refractivity contribution is 6.31. The molecule has 1 saturated heterocycles. The Bertz CT molecular complexity index is 1030. The molecule has 2 amide bonds. The molecule has 1 aliphatic rings. The highest BCUT2D eigenvalue weighted by atomic mass is 35.5. The molecule has 1 N–H and O–H groups in total. The summed E-state index contributed by atoms with van der Waals surface area (Å²) in [7, 11) is 0. The van der Waals surface area contributed by atoms with E-state index in [1.165, 1.54) is 0 Å². The van der Waals surface area contributed by atoms with E-state index in [2.05, 4.69) is 10.3 Å². The molecule has 0 radical (unpaired) electrons. The van der Waals surface area contributed by atoms with Gasteiger partial charge >= 0.3 is 0 Å². The average Bonchev–Trinajstić information content (AvgIpc) is 3.21. The first kappa shape index (κ1) is 17.5. The molecule has 3 aromatic rings. The van der Waals surface area contributed by atoms with E-state index < -0.39 is 5.92 Å². The van der Waals surface area contributed by atoms with E-state index in [4.69, 9.17) is 11.6 Å². The van der Waals surface area contributed by atoms with Gasteiger partial charge in [-0.1, -0.05) is 29.8 Å². The molecule has 0 saturated carbocycles. The molecule has 27 heavy (non-hydrogen) atoms. The Morgan fingerprint density at radius 3 is 2.85 bits per heavy atom. The number of imidazole rings is 1. The maximum Gasteiger partial charge on any atom is 0.232 e. The Hall–Kier alpha value is -2.86. The third-order valence-electron chi connectivity index (χ3n) is 4.82. The van der Waals surface area contributed by atoms with E-state index in [0.29, 0.717) is 29.7 Å². The topological polar surface area (TPSA) is 67.2 Å². The smallest absolute Gasteiger partial charge is 0.232 e. The minimum Gasteiger partial charge on any atom is -0.312 e. The molecule has 0 aliphatic carbocycles. The first-order chi connectivity index (χ1) is 13.1. The number of halogens is 1. The summed E-state index contributed by atoms with van der Waals surface area (Å²) in [4.78, 5) is 31.3. The highest BCUT2D eigenvalue weighted by Gasteiger charge is 2.35. The molecular formula is C20H19ClN4O2. The number of rotatable bonds is 4. The Kier molecular flexibility index (Phi) is 4.58. The van der Waals surface area contributed by atoms with Crippen molar-refractivity contribution in [1.29, 1.82) is 0 Å². The number of fused-ring (bicyclic) bond motifs is 1. The van der Waals surface area contributed by atoms with Gasteiger partial charge in [0, 0.05) is 30.2 Å². The van der Waals surface area contributed by atoms with Gasteiger partial charge in [-0.25, -0.2) is 4.98 Å². The fourth-order valence-electron chi connectivity index (χ4n) is 3.48. The van der Waals surface area contributed by atoms with Crippen LogP contribution in [0.4, 0.5) is 11.6 Å². The molecule has 1 aliphatic heterocycles. The zero-order valence-electron chi connectivity index (χ0n) is 14.9. The monoisotopic (exact) mass is 382 g/mol. The second-order valence-corrected chi connectivity index (χ2v) is 6.98. The standard InChI is InChI=1S/C20H19ClN4O2/c1-2-24-17-9-4-3-8-16(17)22-20(24)23-19(27)13-10-18(26)25(12-13)15-7-5-6-14(21)11-15/h3-9,11,13H,2,10,12H2,1H3,(H,22,23,27)/t13-/m0/s1. The number of carbonyl (C=O) groups is 2. The molecule has 7 heteroatoms. The molecule has 0 unspecified atom stereocenters. The van der Waals surface area contributed by atoms with E-state index in [1.807, 2.05) is 41.8 Å². The Morgan fingerprint density at radius 2 is 2.07 bits per heavy atom. The molecule has 0 bridgehead atoms. The summed E-state index contributed by atoms with van der Waals surface area (Å²) in [5.41, 5.74) is 2.51. The van der Waals surface area contributed by atoms with Crippen molar-refractivity contribution < 1.29 is 9.59 Å². The van der Waals surface area contributed by atoms with E-state index in [-0.39, 0.29) is 18.2 Å².